The molecule has 2 atom stereocenters. The van der Waals surface area contributed by atoms with Gasteiger partial charge in [0.1, 0.15) is 0 Å². The lowest BCUT2D eigenvalue weighted by atomic mass is 9.93. The van der Waals surface area contributed by atoms with Crippen LogP contribution in [0.3, 0.4) is 0 Å². The summed E-state index contributed by atoms with van der Waals surface area (Å²) in [5, 5.41) is 15.2. The summed E-state index contributed by atoms with van der Waals surface area (Å²) in [5.41, 5.74) is 0. The van der Waals surface area contributed by atoms with E-state index in [0.29, 0.717) is 6.04 Å². The second-order valence-corrected chi connectivity index (χ2v) is 6.04. The first-order chi connectivity index (χ1) is 7.24. The molecule has 15 heavy (non-hydrogen) atoms. The van der Waals surface area contributed by atoms with Crippen molar-refractivity contribution in [2.45, 2.75) is 44.4 Å². The fourth-order valence-electron chi connectivity index (χ4n) is 2.04. The molecule has 0 radical (unpaired) electrons. The average molecular weight is 290 g/mol. The van der Waals surface area contributed by atoms with Gasteiger partial charge in [-0.05, 0) is 47.7 Å². The van der Waals surface area contributed by atoms with E-state index in [9.17, 15) is 5.11 Å². The van der Waals surface area contributed by atoms with E-state index in [4.69, 9.17) is 0 Å². The molecule has 0 aliphatic heterocycles. The van der Waals surface area contributed by atoms with Gasteiger partial charge in [0.15, 0.2) is 0 Å². The Labute approximate surface area is 103 Å². The van der Waals surface area contributed by atoms with Crippen LogP contribution in [0.4, 0.5) is 0 Å². The molecular formula is C11H16BrNOS. The molecule has 2 unspecified atom stereocenters. The first kappa shape index (κ1) is 11.6. The van der Waals surface area contributed by atoms with Gasteiger partial charge in [0.25, 0.3) is 0 Å². The zero-order chi connectivity index (χ0) is 10.7. The Bertz CT molecular complexity index is 315. The van der Waals surface area contributed by atoms with Crippen LogP contribution < -0.4 is 5.32 Å². The number of halogens is 1. The molecule has 2 rings (SSSR count). The summed E-state index contributed by atoms with van der Waals surface area (Å²) in [6, 6.07) is 2.64. The van der Waals surface area contributed by atoms with E-state index < -0.39 is 0 Å². The second-order valence-electron chi connectivity index (χ2n) is 4.13. The number of aliphatic hydroxyl groups is 1. The van der Waals surface area contributed by atoms with E-state index in [-0.39, 0.29) is 6.10 Å². The molecule has 0 amide bonds. The molecule has 84 valence electrons. The van der Waals surface area contributed by atoms with Gasteiger partial charge in [-0.3, -0.25) is 0 Å². The van der Waals surface area contributed by atoms with Gasteiger partial charge in [0, 0.05) is 27.3 Å². The molecule has 0 aromatic carbocycles. The Balaban J connectivity index is 1.77. The first-order valence-corrected chi connectivity index (χ1v) is 7.05. The van der Waals surface area contributed by atoms with Crippen molar-refractivity contribution in [3.8, 4) is 0 Å². The number of aliphatic hydroxyl groups excluding tert-OH is 1. The van der Waals surface area contributed by atoms with Crippen LogP contribution in [-0.4, -0.2) is 17.3 Å². The molecule has 0 spiro atoms. The SMILES string of the molecule is OC1CCCC(NCc2cc(Br)cs2)C1. The molecule has 1 aliphatic rings. The number of thiophene rings is 1. The van der Waals surface area contributed by atoms with Gasteiger partial charge in [-0.25, -0.2) is 0 Å². The molecule has 4 heteroatoms. The number of nitrogens with one attached hydrogen (secondary N) is 1. The zero-order valence-electron chi connectivity index (χ0n) is 8.58. The zero-order valence-corrected chi connectivity index (χ0v) is 11.0. The summed E-state index contributed by atoms with van der Waals surface area (Å²) in [6.45, 7) is 0.924. The fraction of sp³-hybridized carbons (Fsp3) is 0.636. The fourth-order valence-corrected chi connectivity index (χ4v) is 3.44. The lowest BCUT2D eigenvalue weighted by Gasteiger charge is -2.26. The first-order valence-electron chi connectivity index (χ1n) is 5.38. The van der Waals surface area contributed by atoms with E-state index in [0.717, 1.165) is 30.3 Å². The molecule has 2 N–H and O–H groups in total. The van der Waals surface area contributed by atoms with Gasteiger partial charge in [0.05, 0.1) is 6.10 Å². The van der Waals surface area contributed by atoms with Crippen molar-refractivity contribution in [1.29, 1.82) is 0 Å². The monoisotopic (exact) mass is 289 g/mol. The maximum atomic E-state index is 9.54. The van der Waals surface area contributed by atoms with Crippen molar-refractivity contribution >= 4 is 27.3 Å². The average Bonchev–Trinajstić information content (AvgIpc) is 2.62. The Kier molecular flexibility index (Phi) is 4.20. The molecule has 1 aromatic rings. The third kappa shape index (κ3) is 3.55. The predicted molar refractivity (Wildman–Crippen MR) is 67.1 cm³/mol. The Morgan fingerprint density at radius 1 is 1.53 bits per heavy atom. The van der Waals surface area contributed by atoms with Crippen LogP contribution >= 0.6 is 27.3 Å². The number of hydrogen-bond acceptors (Lipinski definition) is 3. The van der Waals surface area contributed by atoms with Gasteiger partial charge in [-0.2, -0.15) is 0 Å². The van der Waals surface area contributed by atoms with Crippen LogP contribution in [0.5, 0.6) is 0 Å². The van der Waals surface area contributed by atoms with Crippen LogP contribution in [0.25, 0.3) is 0 Å². The van der Waals surface area contributed by atoms with Crippen LogP contribution in [0.2, 0.25) is 0 Å². The minimum absolute atomic E-state index is 0.0914. The normalized spacial score (nSPS) is 26.8. The molecule has 1 saturated carbocycles. The Morgan fingerprint density at radius 3 is 3.07 bits per heavy atom. The molecule has 1 heterocycles. The van der Waals surface area contributed by atoms with Crippen molar-refractivity contribution in [3.63, 3.8) is 0 Å². The third-order valence-corrected chi connectivity index (χ3v) is 4.53. The summed E-state index contributed by atoms with van der Waals surface area (Å²) < 4.78 is 1.16. The van der Waals surface area contributed by atoms with E-state index in [1.54, 1.807) is 11.3 Å². The van der Waals surface area contributed by atoms with Gasteiger partial charge in [0.2, 0.25) is 0 Å². The maximum Gasteiger partial charge on any atom is 0.0555 e. The third-order valence-electron chi connectivity index (χ3n) is 2.83. The number of hydrogen-bond donors (Lipinski definition) is 2. The van der Waals surface area contributed by atoms with Gasteiger partial charge < -0.3 is 10.4 Å². The highest BCUT2D eigenvalue weighted by atomic mass is 79.9. The number of rotatable bonds is 3. The highest BCUT2D eigenvalue weighted by molar-refractivity contribution is 9.10. The predicted octanol–water partition coefficient (Wildman–Crippen LogP) is 2.90. The minimum atomic E-state index is -0.0914. The molecule has 0 saturated heterocycles. The van der Waals surface area contributed by atoms with E-state index >= 15 is 0 Å². The van der Waals surface area contributed by atoms with Gasteiger partial charge in [-0.1, -0.05) is 0 Å². The summed E-state index contributed by atoms with van der Waals surface area (Å²) in [7, 11) is 0. The standard InChI is InChI=1S/C11H16BrNOS/c12-8-4-11(15-7-8)6-13-9-2-1-3-10(14)5-9/h4,7,9-10,13-14H,1-3,5-6H2. The van der Waals surface area contributed by atoms with Crippen molar-refractivity contribution in [3.05, 3.63) is 20.8 Å². The summed E-state index contributed by atoms with van der Waals surface area (Å²) in [6.07, 6.45) is 4.14. The molecule has 1 aromatic heterocycles. The summed E-state index contributed by atoms with van der Waals surface area (Å²) in [4.78, 5) is 1.35. The largest absolute Gasteiger partial charge is 0.393 e. The molecule has 2 nitrogen and oxygen atoms in total. The Hall–Kier alpha value is 0.1000. The molecule has 0 bridgehead atoms. The van der Waals surface area contributed by atoms with E-state index in [1.807, 2.05) is 0 Å². The smallest absolute Gasteiger partial charge is 0.0555 e. The Morgan fingerprint density at radius 2 is 2.40 bits per heavy atom. The topological polar surface area (TPSA) is 32.3 Å². The highest BCUT2D eigenvalue weighted by Crippen LogP contribution is 2.22. The lowest BCUT2D eigenvalue weighted by molar-refractivity contribution is 0.111. The second kappa shape index (κ2) is 5.43. The van der Waals surface area contributed by atoms with Crippen molar-refractivity contribution in [2.75, 3.05) is 0 Å². The van der Waals surface area contributed by atoms with E-state index in [1.165, 1.54) is 11.3 Å². The highest BCUT2D eigenvalue weighted by Gasteiger charge is 2.19. The van der Waals surface area contributed by atoms with Crippen LogP contribution in [0, 0.1) is 0 Å². The van der Waals surface area contributed by atoms with Crippen molar-refractivity contribution in [1.82, 2.24) is 5.32 Å². The summed E-state index contributed by atoms with van der Waals surface area (Å²) >= 11 is 5.22. The van der Waals surface area contributed by atoms with Gasteiger partial charge in [-0.15, -0.1) is 11.3 Å². The quantitative estimate of drug-likeness (QED) is 0.897. The minimum Gasteiger partial charge on any atom is -0.393 e. The summed E-state index contributed by atoms with van der Waals surface area (Å²) in [5.74, 6) is 0. The molecular weight excluding hydrogens is 274 g/mol. The van der Waals surface area contributed by atoms with Crippen molar-refractivity contribution < 1.29 is 5.11 Å². The maximum absolute atomic E-state index is 9.54. The van der Waals surface area contributed by atoms with Gasteiger partial charge >= 0.3 is 0 Å². The van der Waals surface area contributed by atoms with Crippen molar-refractivity contribution in [2.24, 2.45) is 0 Å². The van der Waals surface area contributed by atoms with Crippen LogP contribution in [0.15, 0.2) is 15.9 Å². The van der Waals surface area contributed by atoms with Crippen LogP contribution in [0.1, 0.15) is 30.6 Å². The molecule has 1 fully saturated rings. The lowest BCUT2D eigenvalue weighted by Crippen LogP contribution is -2.35. The van der Waals surface area contributed by atoms with Crippen LogP contribution in [-0.2, 0) is 6.54 Å². The molecule has 1 aliphatic carbocycles. The van der Waals surface area contributed by atoms with E-state index in [2.05, 4.69) is 32.7 Å².